The number of carboxylic acid groups (broad SMARTS) is 1. The average molecular weight is 453 g/mol. The van der Waals surface area contributed by atoms with Crippen LogP contribution in [0, 0.1) is 11.8 Å². The summed E-state index contributed by atoms with van der Waals surface area (Å²) in [7, 11) is 0. The summed E-state index contributed by atoms with van der Waals surface area (Å²) >= 11 is 0. The number of rotatable bonds is 9. The lowest BCUT2D eigenvalue weighted by Crippen LogP contribution is -2.55. The summed E-state index contributed by atoms with van der Waals surface area (Å²) in [6, 6.07) is 16.1. The van der Waals surface area contributed by atoms with Gasteiger partial charge in [0.15, 0.2) is 0 Å². The van der Waals surface area contributed by atoms with Crippen molar-refractivity contribution in [2.45, 2.75) is 45.6 Å². The van der Waals surface area contributed by atoms with Gasteiger partial charge in [0.2, 0.25) is 5.91 Å². The number of alkyl carbamates (subject to hydrolysis) is 1. The molecule has 0 saturated carbocycles. The Labute approximate surface area is 194 Å². The Morgan fingerprint density at radius 1 is 1.00 bits per heavy atom. The van der Waals surface area contributed by atoms with Crippen molar-refractivity contribution in [3.63, 3.8) is 0 Å². The van der Waals surface area contributed by atoms with E-state index in [1.54, 1.807) is 13.8 Å². The first kappa shape index (κ1) is 24.3. The van der Waals surface area contributed by atoms with Gasteiger partial charge in [0.05, 0.1) is 6.42 Å². The third kappa shape index (κ3) is 5.72. The van der Waals surface area contributed by atoms with Crippen LogP contribution in [0.25, 0.3) is 11.1 Å². The molecule has 0 heterocycles. The Morgan fingerprint density at radius 2 is 1.55 bits per heavy atom. The van der Waals surface area contributed by atoms with Crippen molar-refractivity contribution in [3.05, 3.63) is 59.7 Å². The molecule has 0 fully saturated rings. The number of carbonyl (C=O) groups excluding carboxylic acids is 2. The highest BCUT2D eigenvalue weighted by Crippen LogP contribution is 2.44. The van der Waals surface area contributed by atoms with Crippen molar-refractivity contribution < 1.29 is 24.2 Å². The minimum atomic E-state index is -1.21. The van der Waals surface area contributed by atoms with E-state index in [2.05, 4.69) is 22.8 Å². The highest BCUT2D eigenvalue weighted by molar-refractivity contribution is 5.89. The molecular formula is C26H32N2O5. The lowest BCUT2D eigenvalue weighted by molar-refractivity contribution is -0.138. The highest BCUT2D eigenvalue weighted by atomic mass is 16.5. The second kappa shape index (κ2) is 10.1. The smallest absolute Gasteiger partial charge is 0.408 e. The van der Waals surface area contributed by atoms with Crippen molar-refractivity contribution >= 4 is 18.0 Å². The van der Waals surface area contributed by atoms with E-state index in [4.69, 9.17) is 9.84 Å². The van der Waals surface area contributed by atoms with Gasteiger partial charge in [-0.25, -0.2) is 4.79 Å². The molecule has 7 nitrogen and oxygen atoms in total. The van der Waals surface area contributed by atoms with E-state index in [-0.39, 0.29) is 37.3 Å². The molecule has 2 aromatic carbocycles. The zero-order valence-electron chi connectivity index (χ0n) is 19.6. The normalized spacial score (nSPS) is 13.7. The number of carbonyl (C=O) groups is 3. The van der Waals surface area contributed by atoms with E-state index in [0.29, 0.717) is 0 Å². The molecule has 3 N–H and O–H groups in total. The lowest BCUT2D eigenvalue weighted by atomic mass is 9.92. The third-order valence-corrected chi connectivity index (χ3v) is 6.23. The van der Waals surface area contributed by atoms with Gasteiger partial charge in [0, 0.05) is 12.5 Å². The number of hydrogen-bond acceptors (Lipinski definition) is 4. The summed E-state index contributed by atoms with van der Waals surface area (Å²) < 4.78 is 5.53. The average Bonchev–Trinajstić information content (AvgIpc) is 3.08. The molecule has 0 radical (unpaired) electrons. The van der Waals surface area contributed by atoms with Gasteiger partial charge >= 0.3 is 12.1 Å². The molecule has 1 aliphatic rings. The molecule has 0 spiro atoms. The monoisotopic (exact) mass is 452 g/mol. The molecule has 3 rings (SSSR count). The molecule has 0 saturated heterocycles. The quantitative estimate of drug-likeness (QED) is 0.530. The van der Waals surface area contributed by atoms with E-state index in [1.165, 1.54) is 0 Å². The molecule has 33 heavy (non-hydrogen) atoms. The van der Waals surface area contributed by atoms with Gasteiger partial charge < -0.3 is 20.5 Å². The van der Waals surface area contributed by atoms with E-state index < -0.39 is 23.5 Å². The summed E-state index contributed by atoms with van der Waals surface area (Å²) in [6.45, 7) is 7.39. The summed E-state index contributed by atoms with van der Waals surface area (Å²) in [5.41, 5.74) is 3.29. The first-order chi connectivity index (χ1) is 15.6. The summed E-state index contributed by atoms with van der Waals surface area (Å²) in [5.74, 6) is -1.47. The number of amides is 2. The fourth-order valence-corrected chi connectivity index (χ4v) is 4.16. The number of benzene rings is 2. The van der Waals surface area contributed by atoms with E-state index in [0.717, 1.165) is 22.3 Å². The molecular weight excluding hydrogens is 420 g/mol. The Bertz CT molecular complexity index is 985. The van der Waals surface area contributed by atoms with Gasteiger partial charge in [-0.05, 0) is 47.9 Å². The van der Waals surface area contributed by atoms with Gasteiger partial charge in [-0.1, -0.05) is 62.4 Å². The van der Waals surface area contributed by atoms with Crippen LogP contribution in [0.15, 0.2) is 48.5 Å². The van der Waals surface area contributed by atoms with Crippen LogP contribution in [0.3, 0.4) is 0 Å². The Balaban J connectivity index is 1.58. The van der Waals surface area contributed by atoms with Crippen LogP contribution in [0.1, 0.15) is 51.2 Å². The van der Waals surface area contributed by atoms with Crippen molar-refractivity contribution in [1.29, 1.82) is 0 Å². The number of fused-ring (bicyclic) bond motifs is 3. The number of carboxylic acids is 1. The molecule has 176 valence electrons. The Morgan fingerprint density at radius 3 is 2.06 bits per heavy atom. The van der Waals surface area contributed by atoms with Crippen LogP contribution < -0.4 is 10.6 Å². The van der Waals surface area contributed by atoms with E-state index in [9.17, 15) is 14.4 Å². The van der Waals surface area contributed by atoms with Gasteiger partial charge in [-0.15, -0.1) is 0 Å². The maximum Gasteiger partial charge on any atom is 0.408 e. The molecule has 1 atom stereocenters. The molecule has 0 aliphatic heterocycles. The predicted molar refractivity (Wildman–Crippen MR) is 126 cm³/mol. The Kier molecular flexibility index (Phi) is 7.41. The second-order valence-electron chi connectivity index (χ2n) is 9.39. The highest BCUT2D eigenvalue weighted by Gasteiger charge is 2.33. The summed E-state index contributed by atoms with van der Waals surface area (Å²) in [6.07, 6.45) is -0.707. The fraction of sp³-hybridized carbons (Fsp3) is 0.423. The van der Waals surface area contributed by atoms with Crippen molar-refractivity contribution in [2.75, 3.05) is 13.2 Å². The van der Waals surface area contributed by atoms with Gasteiger partial charge in [-0.2, -0.15) is 0 Å². The number of ether oxygens (including phenoxy) is 1. The topological polar surface area (TPSA) is 105 Å². The molecule has 2 amide bonds. The predicted octanol–water partition coefficient (Wildman–Crippen LogP) is 4.17. The van der Waals surface area contributed by atoms with Crippen molar-refractivity contribution in [3.8, 4) is 11.1 Å². The maximum atomic E-state index is 12.7. The molecule has 2 aromatic rings. The van der Waals surface area contributed by atoms with Crippen LogP contribution in [-0.4, -0.2) is 41.8 Å². The van der Waals surface area contributed by atoms with Crippen molar-refractivity contribution in [2.24, 2.45) is 11.8 Å². The van der Waals surface area contributed by atoms with E-state index >= 15 is 0 Å². The number of nitrogens with one attached hydrogen (secondary N) is 2. The molecule has 0 bridgehead atoms. The van der Waals surface area contributed by atoms with Crippen LogP contribution in [0.2, 0.25) is 0 Å². The van der Waals surface area contributed by atoms with Crippen LogP contribution in [-0.2, 0) is 14.3 Å². The fourth-order valence-electron chi connectivity index (χ4n) is 4.16. The Hall–Kier alpha value is -3.35. The minimum Gasteiger partial charge on any atom is -0.481 e. The second-order valence-corrected chi connectivity index (χ2v) is 9.39. The van der Waals surface area contributed by atoms with Crippen LogP contribution in [0.4, 0.5) is 4.79 Å². The zero-order chi connectivity index (χ0) is 24.2. The first-order valence-corrected chi connectivity index (χ1v) is 11.2. The van der Waals surface area contributed by atoms with Crippen LogP contribution >= 0.6 is 0 Å². The SMILES string of the molecule is CC(C)C(CNC(=O)C(C)(C)NC(=O)OCC1c2ccccc2-c2ccccc21)CC(=O)O. The summed E-state index contributed by atoms with van der Waals surface area (Å²) in [5, 5.41) is 14.5. The number of aliphatic carboxylic acids is 1. The molecule has 1 aliphatic carbocycles. The van der Waals surface area contributed by atoms with Gasteiger partial charge in [0.25, 0.3) is 0 Å². The number of hydrogen-bond donors (Lipinski definition) is 3. The largest absolute Gasteiger partial charge is 0.481 e. The van der Waals surface area contributed by atoms with Crippen molar-refractivity contribution in [1.82, 2.24) is 10.6 Å². The van der Waals surface area contributed by atoms with Gasteiger partial charge in [0.1, 0.15) is 12.1 Å². The third-order valence-electron chi connectivity index (χ3n) is 6.23. The summed E-state index contributed by atoms with van der Waals surface area (Å²) in [4.78, 5) is 36.3. The zero-order valence-corrected chi connectivity index (χ0v) is 19.6. The molecule has 1 unspecified atom stereocenters. The van der Waals surface area contributed by atoms with Crippen LogP contribution in [0.5, 0.6) is 0 Å². The lowest BCUT2D eigenvalue weighted by Gasteiger charge is -2.27. The minimum absolute atomic E-state index is 0.0296. The standard InChI is InChI=1S/C26H32N2O5/c1-16(2)17(13-23(29)30)14-27-24(31)26(3,4)28-25(32)33-15-22-20-11-7-5-9-18(20)19-10-6-8-12-21(19)22/h5-12,16-17,22H,13-15H2,1-4H3,(H,27,31)(H,28,32)(H,29,30). The van der Waals surface area contributed by atoms with E-state index in [1.807, 2.05) is 50.2 Å². The maximum absolute atomic E-state index is 12.7. The molecule has 7 heteroatoms. The van der Waals surface area contributed by atoms with Gasteiger partial charge in [-0.3, -0.25) is 9.59 Å². The molecule has 0 aromatic heterocycles. The first-order valence-electron chi connectivity index (χ1n) is 11.2.